The number of aromatic nitrogens is 2. The minimum absolute atomic E-state index is 0.173. The maximum Gasteiger partial charge on any atom is 0.268 e. The quantitative estimate of drug-likeness (QED) is 0.488. The lowest BCUT2D eigenvalue weighted by Gasteiger charge is -2.22. The summed E-state index contributed by atoms with van der Waals surface area (Å²) in [6, 6.07) is 8.06. The molecule has 1 atom stereocenters. The number of H-pyrrole nitrogens is 1. The van der Waals surface area contributed by atoms with E-state index in [2.05, 4.69) is 15.3 Å². The summed E-state index contributed by atoms with van der Waals surface area (Å²) < 4.78 is 13.1. The number of nitrogens with one attached hydrogen (secondary N) is 2. The molecule has 146 valence electrons. The number of fused-ring (bicyclic) bond motifs is 1. The summed E-state index contributed by atoms with van der Waals surface area (Å²) in [6.07, 6.45) is 1.69. The van der Waals surface area contributed by atoms with Gasteiger partial charge in [-0.15, -0.1) is 0 Å². The van der Waals surface area contributed by atoms with Crippen LogP contribution in [0.3, 0.4) is 0 Å². The topological polar surface area (TPSA) is 87.3 Å². The fraction of sp³-hybridized carbons (Fsp3) is 0.211. The number of nitrogens with zero attached hydrogens (tertiary/aromatic N) is 2. The molecule has 2 heterocycles. The molecule has 0 radical (unpaired) electrons. The molecule has 3 aromatic rings. The third kappa shape index (κ3) is 4.47. The van der Waals surface area contributed by atoms with Crippen LogP contribution in [-0.4, -0.2) is 47.0 Å². The number of aromatic amines is 1. The lowest BCUT2D eigenvalue weighted by molar-refractivity contribution is -0.170. The smallest absolute Gasteiger partial charge is 0.268 e. The highest BCUT2D eigenvalue weighted by Crippen LogP contribution is 2.18. The first-order valence-electron chi connectivity index (χ1n) is 8.38. The zero-order valence-corrected chi connectivity index (χ0v) is 16.0. The molecule has 2 aromatic heterocycles. The molecule has 0 saturated heterocycles. The van der Waals surface area contributed by atoms with E-state index in [4.69, 9.17) is 16.4 Å². The number of carbonyl (C=O) groups is 2. The largest absolute Gasteiger partial charge is 0.349 e. The monoisotopic (exact) mass is 404 g/mol. The summed E-state index contributed by atoms with van der Waals surface area (Å²) >= 11 is 5.87. The molecule has 0 bridgehead atoms. The number of likely N-dealkylation sites (N-methyl/N-ethyl adjacent to an activating group) is 1. The van der Waals surface area contributed by atoms with Crippen molar-refractivity contribution in [3.05, 3.63) is 64.8 Å². The average molecular weight is 405 g/mol. The predicted octanol–water partition coefficient (Wildman–Crippen LogP) is 2.72. The summed E-state index contributed by atoms with van der Waals surface area (Å²) in [4.78, 5) is 37.1. The van der Waals surface area contributed by atoms with E-state index >= 15 is 0 Å². The Morgan fingerprint density at radius 1 is 1.32 bits per heavy atom. The molecule has 0 saturated carbocycles. The van der Waals surface area contributed by atoms with Crippen molar-refractivity contribution in [2.24, 2.45) is 0 Å². The second-order valence-electron chi connectivity index (χ2n) is 6.15. The molecule has 1 aromatic carbocycles. The number of halogens is 2. The van der Waals surface area contributed by atoms with E-state index in [0.717, 1.165) is 10.4 Å². The first-order valence-corrected chi connectivity index (χ1v) is 8.76. The van der Waals surface area contributed by atoms with E-state index in [9.17, 15) is 14.0 Å². The fourth-order valence-electron chi connectivity index (χ4n) is 2.73. The molecular formula is C19H18ClFN4O3. The lowest BCUT2D eigenvalue weighted by Crippen LogP contribution is -2.48. The number of carbonyl (C=O) groups excluding carboxylic acids is 2. The van der Waals surface area contributed by atoms with Gasteiger partial charge in [0.15, 0.2) is 0 Å². The van der Waals surface area contributed by atoms with Crippen molar-refractivity contribution in [2.45, 2.75) is 12.5 Å². The Bertz CT molecular complexity index is 1010. The first kappa shape index (κ1) is 19.8. The molecule has 0 aliphatic heterocycles. The molecule has 0 unspecified atom stereocenters. The lowest BCUT2D eigenvalue weighted by atomic mass is 10.0. The standard InChI is InChI=1S/C19H18ClFN4O3/c1-25(28-2)19(27)15(7-11-3-5-13(21)6-4-11)24-18(26)14-8-12-9-17(20)22-10-16(12)23-14/h3-6,8-10,15,23H,7H2,1-2H3,(H,24,26)/t15-/m0/s1. The number of rotatable bonds is 6. The van der Waals surface area contributed by atoms with Gasteiger partial charge in [-0.1, -0.05) is 23.7 Å². The summed E-state index contributed by atoms with van der Waals surface area (Å²) in [5.74, 6) is -1.30. The van der Waals surface area contributed by atoms with Crippen LogP contribution in [-0.2, 0) is 16.1 Å². The van der Waals surface area contributed by atoms with Crippen molar-refractivity contribution in [1.82, 2.24) is 20.3 Å². The Hall–Kier alpha value is -2.97. The molecule has 0 aliphatic carbocycles. The Balaban J connectivity index is 1.83. The Morgan fingerprint density at radius 3 is 2.71 bits per heavy atom. The van der Waals surface area contributed by atoms with E-state index in [-0.39, 0.29) is 17.9 Å². The van der Waals surface area contributed by atoms with E-state index in [1.165, 1.54) is 32.5 Å². The average Bonchev–Trinajstić information content (AvgIpc) is 3.11. The molecule has 2 N–H and O–H groups in total. The molecule has 3 rings (SSSR count). The van der Waals surface area contributed by atoms with Crippen LogP contribution in [0.5, 0.6) is 0 Å². The number of hydrogen-bond acceptors (Lipinski definition) is 4. The molecule has 0 fully saturated rings. The summed E-state index contributed by atoms with van der Waals surface area (Å²) in [5, 5.41) is 4.76. The zero-order valence-electron chi connectivity index (χ0n) is 15.2. The number of amides is 2. The van der Waals surface area contributed by atoms with Crippen molar-refractivity contribution in [3.8, 4) is 0 Å². The maximum atomic E-state index is 13.1. The van der Waals surface area contributed by atoms with Crippen LogP contribution in [0.25, 0.3) is 10.9 Å². The maximum absolute atomic E-state index is 13.1. The van der Waals surface area contributed by atoms with Gasteiger partial charge in [0.2, 0.25) is 0 Å². The van der Waals surface area contributed by atoms with Crippen molar-refractivity contribution in [2.75, 3.05) is 14.2 Å². The number of benzene rings is 1. The first-order chi connectivity index (χ1) is 13.4. The van der Waals surface area contributed by atoms with Crippen molar-refractivity contribution in [3.63, 3.8) is 0 Å². The molecule has 0 aliphatic rings. The molecular weight excluding hydrogens is 387 g/mol. The minimum atomic E-state index is -0.906. The highest BCUT2D eigenvalue weighted by atomic mass is 35.5. The van der Waals surface area contributed by atoms with Crippen molar-refractivity contribution >= 4 is 34.3 Å². The summed E-state index contributed by atoms with van der Waals surface area (Å²) in [7, 11) is 2.80. The normalized spacial score (nSPS) is 12.0. The van der Waals surface area contributed by atoms with Crippen LogP contribution in [0.15, 0.2) is 42.6 Å². The van der Waals surface area contributed by atoms with Crippen LogP contribution in [0.2, 0.25) is 5.15 Å². The second kappa shape index (κ2) is 8.37. The fourth-order valence-corrected chi connectivity index (χ4v) is 2.89. The van der Waals surface area contributed by atoms with E-state index in [1.807, 2.05) is 0 Å². The predicted molar refractivity (Wildman–Crippen MR) is 102 cm³/mol. The van der Waals surface area contributed by atoms with Gasteiger partial charge in [-0.3, -0.25) is 14.4 Å². The van der Waals surface area contributed by atoms with Crippen LogP contribution in [0, 0.1) is 5.82 Å². The van der Waals surface area contributed by atoms with Gasteiger partial charge in [-0.2, -0.15) is 0 Å². The Kier molecular flexibility index (Phi) is 5.91. The van der Waals surface area contributed by atoms with Crippen LogP contribution >= 0.6 is 11.6 Å². The SMILES string of the molecule is CON(C)C(=O)[C@H](Cc1ccc(F)cc1)NC(=O)c1cc2cc(Cl)ncc2[nH]1. The number of hydrogen-bond donors (Lipinski definition) is 2. The highest BCUT2D eigenvalue weighted by Gasteiger charge is 2.26. The third-order valence-electron chi connectivity index (χ3n) is 4.26. The molecule has 2 amide bonds. The Labute approximate surface area is 165 Å². The van der Waals surface area contributed by atoms with Crippen LogP contribution < -0.4 is 5.32 Å². The third-order valence-corrected chi connectivity index (χ3v) is 4.46. The molecule has 7 nitrogen and oxygen atoms in total. The van der Waals surface area contributed by atoms with E-state index in [0.29, 0.717) is 16.2 Å². The van der Waals surface area contributed by atoms with Crippen molar-refractivity contribution in [1.29, 1.82) is 0 Å². The van der Waals surface area contributed by atoms with Gasteiger partial charge in [0.25, 0.3) is 11.8 Å². The Morgan fingerprint density at radius 2 is 2.04 bits per heavy atom. The van der Waals surface area contributed by atoms with Gasteiger partial charge in [-0.25, -0.2) is 14.4 Å². The number of hydroxylamine groups is 2. The van der Waals surface area contributed by atoms with Gasteiger partial charge in [-0.05, 0) is 29.8 Å². The minimum Gasteiger partial charge on any atom is -0.349 e. The zero-order chi connectivity index (χ0) is 20.3. The highest BCUT2D eigenvalue weighted by molar-refractivity contribution is 6.30. The van der Waals surface area contributed by atoms with Crippen molar-refractivity contribution < 1.29 is 18.8 Å². The molecule has 9 heteroatoms. The molecule has 28 heavy (non-hydrogen) atoms. The van der Waals surface area contributed by atoms with Gasteiger partial charge in [0, 0.05) is 18.9 Å². The summed E-state index contributed by atoms with van der Waals surface area (Å²) in [6.45, 7) is 0. The van der Waals surface area contributed by atoms with Gasteiger partial charge < -0.3 is 10.3 Å². The second-order valence-corrected chi connectivity index (χ2v) is 6.54. The van der Waals surface area contributed by atoms with E-state index < -0.39 is 17.9 Å². The van der Waals surface area contributed by atoms with Gasteiger partial charge in [0.1, 0.15) is 22.7 Å². The van der Waals surface area contributed by atoms with E-state index in [1.54, 1.807) is 24.3 Å². The van der Waals surface area contributed by atoms with Gasteiger partial charge >= 0.3 is 0 Å². The van der Waals surface area contributed by atoms with Crippen LogP contribution in [0.4, 0.5) is 4.39 Å². The summed E-state index contributed by atoms with van der Waals surface area (Å²) in [5.41, 5.74) is 1.60. The molecule has 0 spiro atoms. The van der Waals surface area contributed by atoms with Gasteiger partial charge in [0.05, 0.1) is 18.8 Å². The van der Waals surface area contributed by atoms with Crippen LogP contribution in [0.1, 0.15) is 16.1 Å². The number of pyridine rings is 1.